The molecule has 3 aliphatic heterocycles. The molecule has 4 rings (SSSR count). The normalized spacial score (nSPS) is 30.6. The first-order valence-corrected chi connectivity index (χ1v) is 13.5. The summed E-state index contributed by atoms with van der Waals surface area (Å²) in [6.45, 7) is 6.80. The second-order valence-electron chi connectivity index (χ2n) is 10.9. The van der Waals surface area contributed by atoms with Crippen LogP contribution in [0.1, 0.15) is 71.3 Å². The van der Waals surface area contributed by atoms with Gasteiger partial charge in [0.25, 0.3) is 0 Å². The Kier molecular flexibility index (Phi) is 8.05. The molecule has 0 aromatic heterocycles. The Morgan fingerprint density at radius 3 is 2.50 bits per heavy atom. The van der Waals surface area contributed by atoms with Crippen molar-refractivity contribution in [3.05, 3.63) is 35.9 Å². The predicted octanol–water partition coefficient (Wildman–Crippen LogP) is 2.53. The van der Waals surface area contributed by atoms with Crippen LogP contribution in [0, 0.1) is 11.8 Å². The molecule has 1 aromatic carbocycles. The number of aliphatic hydroxyl groups is 1. The van der Waals surface area contributed by atoms with Gasteiger partial charge in [0.15, 0.2) is 0 Å². The molecule has 0 aliphatic carbocycles. The minimum Gasteiger partial charge on any atom is -0.396 e. The van der Waals surface area contributed by atoms with Gasteiger partial charge in [0.2, 0.25) is 17.7 Å². The fraction of sp³-hybridized carbons (Fsp3) is 0.679. The van der Waals surface area contributed by atoms with Crippen molar-refractivity contribution in [2.75, 3.05) is 13.2 Å². The average Bonchev–Trinajstić information content (AvgIpc) is 3.46. The van der Waals surface area contributed by atoms with Crippen LogP contribution in [0.25, 0.3) is 0 Å². The topological polar surface area (TPSA) is 108 Å². The fourth-order valence-electron chi connectivity index (χ4n) is 6.66. The van der Waals surface area contributed by atoms with Crippen LogP contribution >= 0.6 is 0 Å². The number of ether oxygens (including phenoxy) is 1. The summed E-state index contributed by atoms with van der Waals surface area (Å²) < 4.78 is 6.75. The molecule has 36 heavy (non-hydrogen) atoms. The minimum atomic E-state index is -0.980. The molecule has 3 amide bonds. The monoisotopic (exact) mass is 499 g/mol. The van der Waals surface area contributed by atoms with Crippen molar-refractivity contribution in [1.29, 1.82) is 0 Å². The number of hydrogen-bond donors (Lipinski definition) is 3. The predicted molar refractivity (Wildman–Crippen MR) is 136 cm³/mol. The highest BCUT2D eigenvalue weighted by atomic mass is 16.5. The molecule has 2 bridgehead atoms. The molecular formula is C28H41N3O5. The number of carbonyl (C=O) groups is 3. The van der Waals surface area contributed by atoms with Gasteiger partial charge in [0.1, 0.15) is 11.6 Å². The lowest BCUT2D eigenvalue weighted by Gasteiger charge is -2.34. The summed E-state index contributed by atoms with van der Waals surface area (Å²) in [5.41, 5.74) is -0.719. The van der Waals surface area contributed by atoms with Crippen molar-refractivity contribution in [3.8, 4) is 0 Å². The maximum atomic E-state index is 14.0. The van der Waals surface area contributed by atoms with Gasteiger partial charge in [0, 0.05) is 25.7 Å². The SMILES string of the molecule is CC[C@@]12CCC3(O1)C(C(=O)NC(C)C)N(CCCCCCO)C(=O)[C@@H]3[C@@H]2C(=O)NCc1ccccc1. The molecule has 8 nitrogen and oxygen atoms in total. The summed E-state index contributed by atoms with van der Waals surface area (Å²) in [5.74, 6) is -1.80. The van der Waals surface area contributed by atoms with E-state index in [2.05, 4.69) is 10.6 Å². The smallest absolute Gasteiger partial charge is 0.246 e. The Labute approximate surface area is 214 Å². The van der Waals surface area contributed by atoms with Crippen LogP contribution in [0.15, 0.2) is 30.3 Å². The van der Waals surface area contributed by atoms with Crippen molar-refractivity contribution >= 4 is 17.7 Å². The van der Waals surface area contributed by atoms with E-state index in [0.29, 0.717) is 32.4 Å². The van der Waals surface area contributed by atoms with Crippen molar-refractivity contribution < 1.29 is 24.2 Å². The first-order valence-electron chi connectivity index (χ1n) is 13.5. The van der Waals surface area contributed by atoms with Crippen LogP contribution in [0.3, 0.4) is 0 Å². The summed E-state index contributed by atoms with van der Waals surface area (Å²) in [6, 6.07) is 8.90. The van der Waals surface area contributed by atoms with Gasteiger partial charge in [-0.15, -0.1) is 0 Å². The molecule has 1 spiro atoms. The van der Waals surface area contributed by atoms with Crippen LogP contribution in [-0.2, 0) is 25.7 Å². The molecule has 1 aromatic rings. The van der Waals surface area contributed by atoms with Gasteiger partial charge in [-0.25, -0.2) is 0 Å². The van der Waals surface area contributed by atoms with E-state index in [0.717, 1.165) is 31.2 Å². The number of likely N-dealkylation sites (tertiary alicyclic amines) is 1. The van der Waals surface area contributed by atoms with Gasteiger partial charge in [0.05, 0.1) is 17.4 Å². The van der Waals surface area contributed by atoms with Crippen molar-refractivity contribution in [3.63, 3.8) is 0 Å². The lowest BCUT2D eigenvalue weighted by atomic mass is 9.65. The lowest BCUT2D eigenvalue weighted by Crippen LogP contribution is -2.56. The summed E-state index contributed by atoms with van der Waals surface area (Å²) in [7, 11) is 0. The summed E-state index contributed by atoms with van der Waals surface area (Å²) in [5, 5.41) is 15.1. The van der Waals surface area contributed by atoms with E-state index >= 15 is 0 Å². The standard InChI is InChI=1S/C28H41N3O5/c1-4-27-14-15-28(36-27)22(21(27)24(33)29-18-20-12-8-7-9-13-20)26(35)31(16-10-5-6-11-17-32)23(28)25(34)30-19(2)3/h7-9,12-13,19,21-23,32H,4-6,10-11,14-18H2,1-3H3,(H,29,33)(H,30,34)/t21-,22+,23?,27+,28?/m1/s1. The van der Waals surface area contributed by atoms with E-state index < -0.39 is 29.1 Å². The maximum absolute atomic E-state index is 14.0. The molecule has 3 aliphatic rings. The van der Waals surface area contributed by atoms with E-state index in [4.69, 9.17) is 9.84 Å². The van der Waals surface area contributed by atoms with Gasteiger partial charge < -0.3 is 25.4 Å². The van der Waals surface area contributed by atoms with E-state index in [1.54, 1.807) is 4.90 Å². The Morgan fingerprint density at radius 2 is 1.83 bits per heavy atom. The van der Waals surface area contributed by atoms with E-state index in [1.807, 2.05) is 51.1 Å². The number of unbranched alkanes of at least 4 members (excludes halogenated alkanes) is 3. The summed E-state index contributed by atoms with van der Waals surface area (Å²) >= 11 is 0. The number of carbonyl (C=O) groups excluding carboxylic acids is 3. The fourth-order valence-corrected chi connectivity index (χ4v) is 6.66. The van der Waals surface area contributed by atoms with Gasteiger partial charge in [-0.3, -0.25) is 14.4 Å². The quantitative estimate of drug-likeness (QED) is 0.383. The lowest BCUT2D eigenvalue weighted by molar-refractivity contribution is -0.148. The number of hydrogen-bond acceptors (Lipinski definition) is 5. The van der Waals surface area contributed by atoms with Gasteiger partial charge in [-0.05, 0) is 51.5 Å². The number of nitrogens with zero attached hydrogens (tertiary/aromatic N) is 1. The second kappa shape index (κ2) is 10.9. The number of aliphatic hydroxyl groups excluding tert-OH is 1. The van der Waals surface area contributed by atoms with Gasteiger partial charge in [-0.1, -0.05) is 50.1 Å². The highest BCUT2D eigenvalue weighted by Crippen LogP contribution is 2.64. The Bertz CT molecular complexity index is 954. The number of amides is 3. The molecule has 3 saturated heterocycles. The molecule has 3 heterocycles. The third kappa shape index (κ3) is 4.65. The summed E-state index contributed by atoms with van der Waals surface area (Å²) in [4.78, 5) is 42.9. The molecule has 0 saturated carbocycles. The van der Waals surface area contributed by atoms with Crippen molar-refractivity contribution in [2.24, 2.45) is 11.8 Å². The zero-order valence-corrected chi connectivity index (χ0v) is 21.8. The molecule has 2 unspecified atom stereocenters. The van der Waals surface area contributed by atoms with Crippen LogP contribution in [-0.4, -0.2) is 64.2 Å². The van der Waals surface area contributed by atoms with E-state index in [-0.39, 0.29) is 30.4 Å². The van der Waals surface area contributed by atoms with Crippen LogP contribution in [0.2, 0.25) is 0 Å². The Hall–Kier alpha value is -2.45. The highest BCUT2D eigenvalue weighted by molar-refractivity contribution is 5.99. The number of nitrogens with one attached hydrogen (secondary N) is 2. The molecule has 3 fully saturated rings. The highest BCUT2D eigenvalue weighted by Gasteiger charge is 2.78. The first kappa shape index (κ1) is 26.6. The Morgan fingerprint density at radius 1 is 1.11 bits per heavy atom. The molecule has 8 heteroatoms. The molecular weight excluding hydrogens is 458 g/mol. The van der Waals surface area contributed by atoms with Gasteiger partial charge >= 0.3 is 0 Å². The number of rotatable bonds is 12. The largest absolute Gasteiger partial charge is 0.396 e. The van der Waals surface area contributed by atoms with E-state index in [9.17, 15) is 14.4 Å². The van der Waals surface area contributed by atoms with Crippen molar-refractivity contribution in [1.82, 2.24) is 15.5 Å². The molecule has 0 radical (unpaired) electrons. The van der Waals surface area contributed by atoms with Crippen molar-refractivity contribution in [2.45, 2.75) is 95.5 Å². The first-order chi connectivity index (χ1) is 17.3. The van der Waals surface area contributed by atoms with Crippen LogP contribution < -0.4 is 10.6 Å². The van der Waals surface area contributed by atoms with Crippen LogP contribution in [0.5, 0.6) is 0 Å². The van der Waals surface area contributed by atoms with Gasteiger partial charge in [-0.2, -0.15) is 0 Å². The third-order valence-corrected chi connectivity index (χ3v) is 8.26. The third-order valence-electron chi connectivity index (χ3n) is 8.26. The Balaban J connectivity index is 1.61. The average molecular weight is 500 g/mol. The zero-order chi connectivity index (χ0) is 25.9. The second-order valence-corrected chi connectivity index (χ2v) is 10.9. The number of fused-ring (bicyclic) bond motifs is 1. The zero-order valence-electron chi connectivity index (χ0n) is 21.8. The van der Waals surface area contributed by atoms with Crippen LogP contribution in [0.4, 0.5) is 0 Å². The molecule has 3 N–H and O–H groups in total. The molecule has 198 valence electrons. The summed E-state index contributed by atoms with van der Waals surface area (Å²) in [6.07, 6.45) is 5.07. The maximum Gasteiger partial charge on any atom is 0.246 e. The van der Waals surface area contributed by atoms with E-state index in [1.165, 1.54) is 0 Å². The number of benzene rings is 1. The minimum absolute atomic E-state index is 0.0711. The molecule has 5 atom stereocenters.